The third-order valence-electron chi connectivity index (χ3n) is 4.03. The van der Waals surface area contributed by atoms with E-state index in [0.29, 0.717) is 0 Å². The van der Waals surface area contributed by atoms with E-state index >= 15 is 0 Å². The maximum absolute atomic E-state index is 4.57. The number of nitrogens with one attached hydrogen (secondary N) is 1. The van der Waals surface area contributed by atoms with Gasteiger partial charge in [0.1, 0.15) is 4.60 Å². The molecule has 0 saturated heterocycles. The van der Waals surface area contributed by atoms with Crippen molar-refractivity contribution in [2.75, 3.05) is 5.32 Å². The van der Waals surface area contributed by atoms with Gasteiger partial charge in [0.05, 0.1) is 5.52 Å². The average Bonchev–Trinajstić information content (AvgIpc) is 3.37. The number of aromatic nitrogens is 2. The van der Waals surface area contributed by atoms with Gasteiger partial charge < -0.3 is 5.32 Å². The molecule has 4 rings (SSSR count). The Morgan fingerprint density at radius 2 is 2.00 bits per heavy atom. The van der Waals surface area contributed by atoms with Gasteiger partial charge in [0, 0.05) is 30.0 Å². The van der Waals surface area contributed by atoms with Gasteiger partial charge in [-0.15, -0.1) is 0 Å². The fourth-order valence-electron chi connectivity index (χ4n) is 2.68. The Kier molecular flexibility index (Phi) is 3.54. The number of halogens is 1. The van der Waals surface area contributed by atoms with Gasteiger partial charge >= 0.3 is 0 Å². The molecule has 1 saturated carbocycles. The minimum Gasteiger partial charge on any atom is -0.381 e. The third kappa shape index (κ3) is 2.97. The zero-order valence-electron chi connectivity index (χ0n) is 12.1. The summed E-state index contributed by atoms with van der Waals surface area (Å²) < 4.78 is 0.836. The van der Waals surface area contributed by atoms with Crippen LogP contribution in [0.25, 0.3) is 10.9 Å². The fraction of sp³-hybridized carbons (Fsp3) is 0.222. The molecule has 0 atom stereocenters. The first-order valence-electron chi connectivity index (χ1n) is 7.52. The van der Waals surface area contributed by atoms with E-state index in [4.69, 9.17) is 0 Å². The Bertz CT molecular complexity index is 827. The SMILES string of the molecule is Brc1cc(NCc2cnc3ccc(C4CC4)cc3c2)ccn1. The van der Waals surface area contributed by atoms with Gasteiger partial charge in [-0.3, -0.25) is 4.98 Å². The van der Waals surface area contributed by atoms with E-state index in [0.717, 1.165) is 28.3 Å². The zero-order valence-corrected chi connectivity index (χ0v) is 13.7. The molecule has 2 aromatic heterocycles. The molecule has 0 unspecified atom stereocenters. The van der Waals surface area contributed by atoms with Crippen molar-refractivity contribution in [2.24, 2.45) is 0 Å². The normalized spacial score (nSPS) is 14.2. The molecule has 4 heteroatoms. The molecule has 22 heavy (non-hydrogen) atoms. The molecule has 0 bridgehead atoms. The highest BCUT2D eigenvalue weighted by Gasteiger charge is 2.23. The van der Waals surface area contributed by atoms with Crippen molar-refractivity contribution in [3.63, 3.8) is 0 Å². The second-order valence-electron chi connectivity index (χ2n) is 5.79. The molecule has 0 amide bonds. The van der Waals surface area contributed by atoms with Crippen LogP contribution in [0, 0.1) is 0 Å². The summed E-state index contributed by atoms with van der Waals surface area (Å²) in [5, 5.41) is 4.64. The molecule has 1 aliphatic rings. The molecular weight excluding hydrogens is 338 g/mol. The minimum absolute atomic E-state index is 0.757. The van der Waals surface area contributed by atoms with Crippen LogP contribution in [0.2, 0.25) is 0 Å². The van der Waals surface area contributed by atoms with E-state index in [1.807, 2.05) is 18.3 Å². The van der Waals surface area contributed by atoms with Gasteiger partial charge in [0.25, 0.3) is 0 Å². The van der Waals surface area contributed by atoms with Crippen molar-refractivity contribution >= 4 is 32.5 Å². The van der Waals surface area contributed by atoms with Crippen LogP contribution in [0.15, 0.2) is 53.4 Å². The lowest BCUT2D eigenvalue weighted by Crippen LogP contribution is -2.00. The molecule has 1 aromatic carbocycles. The summed E-state index contributed by atoms with van der Waals surface area (Å²) in [7, 11) is 0. The topological polar surface area (TPSA) is 37.8 Å². The first-order chi connectivity index (χ1) is 10.8. The van der Waals surface area contributed by atoms with Crippen molar-refractivity contribution in [1.29, 1.82) is 0 Å². The quantitative estimate of drug-likeness (QED) is 0.679. The van der Waals surface area contributed by atoms with Crippen molar-refractivity contribution in [3.05, 3.63) is 64.5 Å². The van der Waals surface area contributed by atoms with Crippen molar-refractivity contribution in [1.82, 2.24) is 9.97 Å². The van der Waals surface area contributed by atoms with Gasteiger partial charge in [-0.1, -0.05) is 6.07 Å². The number of fused-ring (bicyclic) bond motifs is 1. The average molecular weight is 354 g/mol. The number of rotatable bonds is 4. The maximum atomic E-state index is 4.57. The first kappa shape index (κ1) is 13.7. The van der Waals surface area contributed by atoms with Crippen LogP contribution < -0.4 is 5.32 Å². The van der Waals surface area contributed by atoms with Crippen molar-refractivity contribution < 1.29 is 0 Å². The molecule has 110 valence electrons. The Labute approximate surface area is 137 Å². The highest BCUT2D eigenvalue weighted by Crippen LogP contribution is 2.40. The smallest absolute Gasteiger partial charge is 0.108 e. The Hall–Kier alpha value is -1.94. The fourth-order valence-corrected chi connectivity index (χ4v) is 3.04. The Balaban J connectivity index is 1.56. The van der Waals surface area contributed by atoms with Crippen LogP contribution in [-0.4, -0.2) is 9.97 Å². The molecule has 3 nitrogen and oxygen atoms in total. The summed E-state index contributed by atoms with van der Waals surface area (Å²) in [4.78, 5) is 8.70. The van der Waals surface area contributed by atoms with Gasteiger partial charge in [-0.2, -0.15) is 0 Å². The first-order valence-corrected chi connectivity index (χ1v) is 8.31. The molecular formula is C18H16BrN3. The summed E-state index contributed by atoms with van der Waals surface area (Å²) in [5.74, 6) is 0.778. The van der Waals surface area contributed by atoms with Gasteiger partial charge in [0.2, 0.25) is 0 Å². The van der Waals surface area contributed by atoms with Gasteiger partial charge in [-0.25, -0.2) is 4.98 Å². The summed E-state index contributed by atoms with van der Waals surface area (Å²) in [6.07, 6.45) is 6.39. The molecule has 1 fully saturated rings. The highest BCUT2D eigenvalue weighted by atomic mass is 79.9. The number of benzene rings is 1. The van der Waals surface area contributed by atoms with E-state index in [2.05, 4.69) is 55.5 Å². The van der Waals surface area contributed by atoms with Crippen molar-refractivity contribution in [2.45, 2.75) is 25.3 Å². The lowest BCUT2D eigenvalue weighted by molar-refractivity contribution is 1.11. The lowest BCUT2D eigenvalue weighted by Gasteiger charge is -2.08. The number of hydrogen-bond donors (Lipinski definition) is 1. The van der Waals surface area contributed by atoms with Crippen LogP contribution >= 0.6 is 15.9 Å². The Morgan fingerprint density at radius 3 is 2.82 bits per heavy atom. The van der Waals surface area contributed by atoms with Crippen LogP contribution in [0.1, 0.15) is 29.9 Å². The predicted octanol–water partition coefficient (Wildman–Crippen LogP) is 4.88. The molecule has 3 aromatic rings. The van der Waals surface area contributed by atoms with E-state index in [1.165, 1.54) is 29.4 Å². The van der Waals surface area contributed by atoms with E-state index in [-0.39, 0.29) is 0 Å². The molecule has 0 spiro atoms. The Morgan fingerprint density at radius 1 is 1.09 bits per heavy atom. The maximum Gasteiger partial charge on any atom is 0.108 e. The second-order valence-corrected chi connectivity index (χ2v) is 6.60. The zero-order chi connectivity index (χ0) is 14.9. The number of hydrogen-bond acceptors (Lipinski definition) is 3. The van der Waals surface area contributed by atoms with Crippen LogP contribution in [0.5, 0.6) is 0 Å². The van der Waals surface area contributed by atoms with E-state index in [1.54, 1.807) is 6.20 Å². The largest absolute Gasteiger partial charge is 0.381 e. The highest BCUT2D eigenvalue weighted by molar-refractivity contribution is 9.10. The molecule has 2 heterocycles. The molecule has 0 aliphatic heterocycles. The summed E-state index contributed by atoms with van der Waals surface area (Å²) >= 11 is 3.38. The predicted molar refractivity (Wildman–Crippen MR) is 93.0 cm³/mol. The third-order valence-corrected chi connectivity index (χ3v) is 4.47. The van der Waals surface area contributed by atoms with Crippen LogP contribution in [0.3, 0.4) is 0 Å². The summed E-state index contributed by atoms with van der Waals surface area (Å²) in [5.41, 5.74) is 4.76. The standard InChI is InChI=1S/C18H16BrN3/c19-18-9-16(5-6-20-18)21-10-12-7-15-8-14(13-1-2-13)3-4-17(15)22-11-12/h3-9,11,13H,1-2,10H2,(H,20,21). The molecule has 1 N–H and O–H groups in total. The minimum atomic E-state index is 0.757. The monoisotopic (exact) mass is 353 g/mol. The van der Waals surface area contributed by atoms with E-state index < -0.39 is 0 Å². The molecule has 0 radical (unpaired) electrons. The van der Waals surface area contributed by atoms with Crippen molar-refractivity contribution in [3.8, 4) is 0 Å². The number of nitrogens with zero attached hydrogens (tertiary/aromatic N) is 2. The summed E-state index contributed by atoms with van der Waals surface area (Å²) in [6, 6.07) is 12.8. The number of pyridine rings is 2. The second kappa shape index (κ2) is 5.69. The van der Waals surface area contributed by atoms with E-state index in [9.17, 15) is 0 Å². The lowest BCUT2D eigenvalue weighted by atomic mass is 10.1. The van der Waals surface area contributed by atoms with Crippen LogP contribution in [-0.2, 0) is 6.54 Å². The van der Waals surface area contributed by atoms with Gasteiger partial charge in [-0.05, 0) is 76.1 Å². The molecule has 1 aliphatic carbocycles. The van der Waals surface area contributed by atoms with Gasteiger partial charge in [0.15, 0.2) is 0 Å². The number of anilines is 1. The summed E-state index contributed by atoms with van der Waals surface area (Å²) in [6.45, 7) is 0.757. The van der Waals surface area contributed by atoms with Crippen LogP contribution in [0.4, 0.5) is 5.69 Å².